The van der Waals surface area contributed by atoms with Gasteiger partial charge in [-0.05, 0) is 37.1 Å². The third-order valence-corrected chi connectivity index (χ3v) is 4.98. The Kier molecular flexibility index (Phi) is 7.78. The average molecular weight is 447 g/mol. The molecule has 2 aromatic rings. The van der Waals surface area contributed by atoms with Gasteiger partial charge in [0.1, 0.15) is 16.4 Å². The third-order valence-electron chi connectivity index (χ3n) is 3.70. The van der Waals surface area contributed by atoms with Crippen LogP contribution in [0.1, 0.15) is 26.5 Å². The fourth-order valence-electron chi connectivity index (χ4n) is 2.32. The molecular weight excluding hydrogens is 429 g/mol. The van der Waals surface area contributed by atoms with Gasteiger partial charge in [0.15, 0.2) is 0 Å². The molecule has 1 aromatic heterocycles. The fourth-order valence-corrected chi connectivity index (χ4v) is 3.24. The van der Waals surface area contributed by atoms with Gasteiger partial charge in [-0.25, -0.2) is 17.8 Å². The Balaban J connectivity index is 2.04. The highest BCUT2D eigenvalue weighted by Gasteiger charge is 2.20. The SMILES string of the molecule is C#CC(=O)NCCNC(=O)c1cc(C)nc(C(=O)NNS(=O)(=O)c2ccccc2F)c1. The molecule has 3 amide bonds. The number of hydrogen-bond acceptors (Lipinski definition) is 6. The first-order valence-electron chi connectivity index (χ1n) is 8.72. The van der Waals surface area contributed by atoms with Crippen LogP contribution in [0.25, 0.3) is 0 Å². The van der Waals surface area contributed by atoms with Crippen molar-refractivity contribution < 1.29 is 27.2 Å². The molecule has 0 saturated heterocycles. The highest BCUT2D eigenvalue weighted by atomic mass is 32.2. The van der Waals surface area contributed by atoms with E-state index in [1.165, 1.54) is 25.1 Å². The van der Waals surface area contributed by atoms with Crippen molar-refractivity contribution in [3.63, 3.8) is 0 Å². The van der Waals surface area contributed by atoms with Gasteiger partial charge in [0, 0.05) is 24.3 Å². The van der Waals surface area contributed by atoms with Crippen LogP contribution in [0, 0.1) is 25.1 Å². The highest BCUT2D eigenvalue weighted by molar-refractivity contribution is 7.89. The first-order valence-corrected chi connectivity index (χ1v) is 10.2. The van der Waals surface area contributed by atoms with Crippen LogP contribution in [0.5, 0.6) is 0 Å². The number of rotatable bonds is 8. The van der Waals surface area contributed by atoms with Crippen molar-refractivity contribution in [1.29, 1.82) is 0 Å². The standard InChI is InChI=1S/C19H18FN5O5S/c1-3-17(26)21-8-9-22-18(27)13-10-12(2)23-15(11-13)19(28)24-25-31(29,30)16-7-5-4-6-14(16)20/h1,4-7,10-11,25H,8-9H2,2H3,(H,21,26)(H,22,27)(H,24,28). The first-order chi connectivity index (χ1) is 14.6. The summed E-state index contributed by atoms with van der Waals surface area (Å²) in [6, 6.07) is 7.19. The lowest BCUT2D eigenvalue weighted by atomic mass is 10.1. The van der Waals surface area contributed by atoms with Crippen molar-refractivity contribution in [3.05, 3.63) is 59.2 Å². The van der Waals surface area contributed by atoms with Crippen LogP contribution in [0.4, 0.5) is 4.39 Å². The van der Waals surface area contributed by atoms with Crippen LogP contribution in [-0.2, 0) is 14.8 Å². The van der Waals surface area contributed by atoms with Gasteiger partial charge in [0.2, 0.25) is 0 Å². The molecule has 0 saturated carbocycles. The molecule has 31 heavy (non-hydrogen) atoms. The first kappa shape index (κ1) is 23.5. The Bertz CT molecular complexity index is 1160. The van der Waals surface area contributed by atoms with Crippen molar-refractivity contribution in [1.82, 2.24) is 25.9 Å². The Morgan fingerprint density at radius 2 is 1.77 bits per heavy atom. The Morgan fingerprint density at radius 1 is 1.10 bits per heavy atom. The Morgan fingerprint density at radius 3 is 2.45 bits per heavy atom. The molecule has 12 heteroatoms. The number of benzene rings is 1. The van der Waals surface area contributed by atoms with Gasteiger partial charge >= 0.3 is 0 Å². The molecule has 0 aliphatic rings. The van der Waals surface area contributed by atoms with Gasteiger partial charge < -0.3 is 10.6 Å². The van der Waals surface area contributed by atoms with Crippen molar-refractivity contribution in [3.8, 4) is 12.3 Å². The number of sulfonamides is 1. The summed E-state index contributed by atoms with van der Waals surface area (Å²) in [4.78, 5) is 40.6. The van der Waals surface area contributed by atoms with E-state index in [2.05, 4.69) is 15.6 Å². The van der Waals surface area contributed by atoms with E-state index >= 15 is 0 Å². The fraction of sp³-hybridized carbons (Fsp3) is 0.158. The number of terminal acetylenes is 1. The number of aromatic nitrogens is 1. The quantitative estimate of drug-likeness (QED) is 0.247. The molecule has 1 aromatic carbocycles. The maximum Gasteiger partial charge on any atom is 0.295 e. The molecule has 0 bridgehead atoms. The van der Waals surface area contributed by atoms with Crippen molar-refractivity contribution >= 4 is 27.7 Å². The third kappa shape index (κ3) is 6.59. The average Bonchev–Trinajstić information content (AvgIpc) is 2.74. The normalized spacial score (nSPS) is 10.6. The molecule has 0 unspecified atom stereocenters. The number of pyridine rings is 1. The van der Waals surface area contributed by atoms with Gasteiger partial charge in [0.05, 0.1) is 0 Å². The van der Waals surface area contributed by atoms with E-state index in [0.717, 1.165) is 18.2 Å². The molecule has 0 aliphatic heterocycles. The zero-order valence-electron chi connectivity index (χ0n) is 16.2. The highest BCUT2D eigenvalue weighted by Crippen LogP contribution is 2.12. The van der Waals surface area contributed by atoms with E-state index in [1.807, 2.05) is 11.3 Å². The molecular formula is C19H18FN5O5S. The molecule has 0 aliphatic carbocycles. The zero-order chi connectivity index (χ0) is 23.0. The lowest BCUT2D eigenvalue weighted by Gasteiger charge is -2.10. The second-order valence-corrected chi connectivity index (χ2v) is 7.68. The van der Waals surface area contributed by atoms with E-state index in [9.17, 15) is 27.2 Å². The minimum absolute atomic E-state index is 0.0809. The van der Waals surface area contributed by atoms with Gasteiger partial charge in [0.25, 0.3) is 27.7 Å². The second kappa shape index (κ2) is 10.3. The molecule has 4 N–H and O–H groups in total. The summed E-state index contributed by atoms with van der Waals surface area (Å²) in [5, 5.41) is 4.89. The van der Waals surface area contributed by atoms with Crippen LogP contribution in [0.3, 0.4) is 0 Å². The van der Waals surface area contributed by atoms with Crippen molar-refractivity contribution in [2.24, 2.45) is 0 Å². The number of nitrogens with one attached hydrogen (secondary N) is 4. The van der Waals surface area contributed by atoms with E-state index in [1.54, 1.807) is 4.83 Å². The van der Waals surface area contributed by atoms with Gasteiger partial charge in [-0.3, -0.25) is 19.8 Å². The topological polar surface area (TPSA) is 146 Å². The molecule has 0 fully saturated rings. The summed E-state index contributed by atoms with van der Waals surface area (Å²) in [5.41, 5.74) is 2.07. The van der Waals surface area contributed by atoms with E-state index < -0.39 is 38.5 Å². The van der Waals surface area contributed by atoms with Gasteiger partial charge in [-0.2, -0.15) is 0 Å². The number of hydrazine groups is 1. The van der Waals surface area contributed by atoms with Crippen LogP contribution in [0.15, 0.2) is 41.3 Å². The van der Waals surface area contributed by atoms with Gasteiger partial charge in [-0.15, -0.1) is 11.3 Å². The van der Waals surface area contributed by atoms with E-state index in [4.69, 9.17) is 6.42 Å². The largest absolute Gasteiger partial charge is 0.350 e. The molecule has 0 atom stereocenters. The number of amides is 3. The molecule has 0 spiro atoms. The lowest BCUT2D eigenvalue weighted by molar-refractivity contribution is -0.115. The minimum atomic E-state index is -4.37. The lowest BCUT2D eigenvalue weighted by Crippen LogP contribution is -2.42. The van der Waals surface area contributed by atoms with Crippen LogP contribution < -0.4 is 20.9 Å². The molecule has 0 radical (unpaired) electrons. The maximum absolute atomic E-state index is 13.7. The summed E-state index contributed by atoms with van der Waals surface area (Å²) in [5.74, 6) is -1.26. The molecule has 162 valence electrons. The van der Waals surface area contributed by atoms with Crippen molar-refractivity contribution in [2.75, 3.05) is 13.1 Å². The van der Waals surface area contributed by atoms with Gasteiger partial charge in [-0.1, -0.05) is 12.1 Å². The predicted molar refractivity (Wildman–Crippen MR) is 107 cm³/mol. The molecule has 2 rings (SSSR count). The number of halogens is 1. The minimum Gasteiger partial charge on any atom is -0.350 e. The maximum atomic E-state index is 13.7. The van der Waals surface area contributed by atoms with Crippen LogP contribution in [-0.4, -0.2) is 44.2 Å². The number of hydrogen-bond donors (Lipinski definition) is 4. The van der Waals surface area contributed by atoms with Crippen LogP contribution >= 0.6 is 0 Å². The summed E-state index contributed by atoms with van der Waals surface area (Å²) in [7, 11) is -4.37. The number of aryl methyl sites for hydroxylation is 1. The summed E-state index contributed by atoms with van der Waals surface area (Å²) >= 11 is 0. The second-order valence-electron chi connectivity index (χ2n) is 6.03. The van der Waals surface area contributed by atoms with Crippen LogP contribution in [0.2, 0.25) is 0 Å². The monoisotopic (exact) mass is 447 g/mol. The number of carbonyl (C=O) groups is 3. The molecule has 1 heterocycles. The van der Waals surface area contributed by atoms with E-state index in [-0.39, 0.29) is 24.3 Å². The van der Waals surface area contributed by atoms with Crippen molar-refractivity contribution in [2.45, 2.75) is 11.8 Å². The smallest absolute Gasteiger partial charge is 0.295 e. The summed E-state index contributed by atoms with van der Waals surface area (Å²) in [6.07, 6.45) is 4.90. The number of nitrogens with zero attached hydrogens (tertiary/aromatic N) is 1. The predicted octanol–water partition coefficient (Wildman–Crippen LogP) is -0.368. The van der Waals surface area contributed by atoms with E-state index in [0.29, 0.717) is 5.69 Å². The Labute approximate surface area is 177 Å². The molecule has 10 nitrogen and oxygen atoms in total. The summed E-state index contributed by atoms with van der Waals surface area (Å²) in [6.45, 7) is 1.71. The Hall–Kier alpha value is -3.82. The summed E-state index contributed by atoms with van der Waals surface area (Å²) < 4.78 is 38.0. The number of carbonyl (C=O) groups excluding carboxylic acids is 3. The zero-order valence-corrected chi connectivity index (χ0v) is 17.0.